The number of nitrogens with zero attached hydrogens (tertiary/aromatic N) is 1. The molecular formula is C22H20N2O4S. The topological polar surface area (TPSA) is 77.5 Å². The molecule has 1 aromatic heterocycles. The number of hydrogen-bond donors (Lipinski definition) is 1. The molecule has 6 nitrogen and oxygen atoms in total. The number of carbonyl (C=O) groups is 2. The molecule has 0 aliphatic carbocycles. The highest BCUT2D eigenvalue weighted by Gasteiger charge is 2.21. The number of aromatic nitrogens is 1. The van der Waals surface area contributed by atoms with Crippen LogP contribution in [0.4, 0.5) is 5.69 Å². The number of thioether (sulfide) groups is 1. The molecule has 3 aromatic rings. The van der Waals surface area contributed by atoms with Gasteiger partial charge in [-0.25, -0.2) is 9.78 Å². The van der Waals surface area contributed by atoms with Crippen LogP contribution < -0.4 is 10.1 Å². The maximum atomic E-state index is 12.4. The monoisotopic (exact) mass is 408 g/mol. The van der Waals surface area contributed by atoms with Gasteiger partial charge >= 0.3 is 5.97 Å². The van der Waals surface area contributed by atoms with Crippen molar-refractivity contribution in [1.82, 2.24) is 4.98 Å². The van der Waals surface area contributed by atoms with E-state index in [0.29, 0.717) is 22.0 Å². The van der Waals surface area contributed by atoms with E-state index in [1.54, 1.807) is 42.6 Å². The van der Waals surface area contributed by atoms with E-state index in [1.807, 2.05) is 36.6 Å². The molecule has 1 heterocycles. The Bertz CT molecular complexity index is 978. The van der Waals surface area contributed by atoms with Gasteiger partial charge in [-0.05, 0) is 61.7 Å². The normalized spacial score (nSPS) is 11.4. The fourth-order valence-corrected chi connectivity index (χ4v) is 3.00. The first kappa shape index (κ1) is 20.4. The van der Waals surface area contributed by atoms with Gasteiger partial charge in [0.25, 0.3) is 5.91 Å². The second-order valence-corrected chi connectivity index (χ2v) is 6.83. The van der Waals surface area contributed by atoms with Crippen LogP contribution in [0.2, 0.25) is 0 Å². The van der Waals surface area contributed by atoms with Crippen molar-refractivity contribution >= 4 is 29.3 Å². The first-order valence-electron chi connectivity index (χ1n) is 8.90. The largest absolute Gasteiger partial charge is 0.457 e. The van der Waals surface area contributed by atoms with Crippen LogP contribution in [0, 0.1) is 0 Å². The van der Waals surface area contributed by atoms with Crippen molar-refractivity contribution in [3.8, 4) is 11.5 Å². The van der Waals surface area contributed by atoms with E-state index in [-0.39, 0.29) is 0 Å². The van der Waals surface area contributed by atoms with Gasteiger partial charge in [-0.2, -0.15) is 0 Å². The highest BCUT2D eigenvalue weighted by Crippen LogP contribution is 2.23. The van der Waals surface area contributed by atoms with Crippen molar-refractivity contribution in [1.29, 1.82) is 0 Å². The molecule has 0 aliphatic rings. The van der Waals surface area contributed by atoms with E-state index < -0.39 is 18.0 Å². The third-order valence-corrected chi connectivity index (χ3v) is 4.65. The summed E-state index contributed by atoms with van der Waals surface area (Å²) in [6, 6.07) is 19.6. The molecule has 2 aromatic carbocycles. The summed E-state index contributed by atoms with van der Waals surface area (Å²) in [4.78, 5) is 28.8. The van der Waals surface area contributed by atoms with Gasteiger partial charge in [0.15, 0.2) is 6.10 Å². The number of amides is 1. The zero-order valence-corrected chi connectivity index (χ0v) is 16.8. The van der Waals surface area contributed by atoms with Gasteiger partial charge in [0.1, 0.15) is 16.5 Å². The Labute approximate surface area is 173 Å². The van der Waals surface area contributed by atoms with E-state index >= 15 is 0 Å². The summed E-state index contributed by atoms with van der Waals surface area (Å²) in [5.41, 5.74) is 0.909. The molecule has 1 amide bonds. The third-order valence-electron chi connectivity index (χ3n) is 3.94. The predicted molar refractivity (Wildman–Crippen MR) is 112 cm³/mol. The summed E-state index contributed by atoms with van der Waals surface area (Å²) in [7, 11) is 0. The Hall–Kier alpha value is -3.32. The van der Waals surface area contributed by atoms with Crippen LogP contribution in [-0.2, 0) is 9.53 Å². The minimum absolute atomic E-state index is 0.335. The lowest BCUT2D eigenvalue weighted by molar-refractivity contribution is -0.123. The molecule has 0 spiro atoms. The van der Waals surface area contributed by atoms with Crippen molar-refractivity contribution < 1.29 is 19.1 Å². The molecule has 1 N–H and O–H groups in total. The second kappa shape index (κ2) is 9.75. The van der Waals surface area contributed by atoms with Crippen LogP contribution in [-0.4, -0.2) is 29.2 Å². The van der Waals surface area contributed by atoms with Crippen LogP contribution in [0.5, 0.6) is 11.5 Å². The summed E-state index contributed by atoms with van der Waals surface area (Å²) in [5, 5.41) is 3.28. The number of pyridine rings is 1. The van der Waals surface area contributed by atoms with Gasteiger partial charge < -0.3 is 14.8 Å². The zero-order valence-electron chi connectivity index (χ0n) is 16.0. The van der Waals surface area contributed by atoms with Gasteiger partial charge in [-0.1, -0.05) is 18.2 Å². The van der Waals surface area contributed by atoms with Crippen LogP contribution in [0.25, 0.3) is 0 Å². The average Bonchev–Trinajstić information content (AvgIpc) is 2.75. The molecule has 0 saturated heterocycles. The van der Waals surface area contributed by atoms with Gasteiger partial charge in [-0.15, -0.1) is 11.8 Å². The minimum atomic E-state index is -0.961. The van der Waals surface area contributed by atoms with Gasteiger partial charge in [-0.3, -0.25) is 4.79 Å². The molecule has 0 aliphatic heterocycles. The van der Waals surface area contributed by atoms with Crippen LogP contribution in [0.15, 0.2) is 78.0 Å². The molecule has 3 rings (SSSR count). The van der Waals surface area contributed by atoms with Crippen molar-refractivity contribution in [2.45, 2.75) is 18.1 Å². The molecule has 29 heavy (non-hydrogen) atoms. The summed E-state index contributed by atoms with van der Waals surface area (Å²) in [6.45, 7) is 1.52. The lowest BCUT2D eigenvalue weighted by atomic mass is 10.2. The van der Waals surface area contributed by atoms with Crippen molar-refractivity contribution in [2.75, 3.05) is 11.6 Å². The lowest BCUT2D eigenvalue weighted by Crippen LogP contribution is -2.30. The molecule has 0 bridgehead atoms. The Morgan fingerprint density at radius 3 is 2.34 bits per heavy atom. The van der Waals surface area contributed by atoms with Crippen molar-refractivity contribution in [3.63, 3.8) is 0 Å². The third kappa shape index (κ3) is 5.58. The number of para-hydroxylation sites is 1. The molecular weight excluding hydrogens is 388 g/mol. The van der Waals surface area contributed by atoms with Crippen molar-refractivity contribution in [2.24, 2.45) is 0 Å². The number of hydrogen-bond acceptors (Lipinski definition) is 6. The maximum Gasteiger partial charge on any atom is 0.341 e. The maximum absolute atomic E-state index is 12.4. The lowest BCUT2D eigenvalue weighted by Gasteiger charge is -2.14. The molecule has 0 radical (unpaired) electrons. The fraction of sp³-hybridized carbons (Fsp3) is 0.136. The Morgan fingerprint density at radius 1 is 0.966 bits per heavy atom. The second-order valence-electron chi connectivity index (χ2n) is 6.04. The number of esters is 1. The van der Waals surface area contributed by atoms with E-state index in [9.17, 15) is 9.59 Å². The molecule has 1 unspecified atom stereocenters. The van der Waals surface area contributed by atoms with E-state index in [2.05, 4.69) is 10.3 Å². The Kier molecular flexibility index (Phi) is 6.86. The standard InChI is InChI=1S/C22H20N2O4S/c1-15(27-22(26)19-9-6-14-23-21(19)29-2)20(25)24-16-10-12-18(13-11-16)28-17-7-4-3-5-8-17/h3-15H,1-2H3,(H,24,25). The highest BCUT2D eigenvalue weighted by molar-refractivity contribution is 7.98. The summed E-state index contributed by atoms with van der Waals surface area (Å²) in [5.74, 6) is 0.362. The first-order chi connectivity index (χ1) is 14.1. The molecule has 1 atom stereocenters. The molecule has 7 heteroatoms. The van der Waals surface area contributed by atoms with Crippen LogP contribution in [0.1, 0.15) is 17.3 Å². The number of rotatable bonds is 7. The summed E-state index contributed by atoms with van der Waals surface area (Å²) in [6.07, 6.45) is 2.46. The summed E-state index contributed by atoms with van der Waals surface area (Å²) < 4.78 is 11.0. The first-order valence-corrected chi connectivity index (χ1v) is 10.1. The Balaban J connectivity index is 1.57. The number of anilines is 1. The van der Waals surface area contributed by atoms with Gasteiger partial charge in [0.2, 0.25) is 0 Å². The fourth-order valence-electron chi connectivity index (χ4n) is 2.46. The molecule has 0 fully saturated rings. The number of carbonyl (C=O) groups excluding carboxylic acids is 2. The molecule has 0 saturated carbocycles. The number of benzene rings is 2. The average molecular weight is 408 g/mol. The van der Waals surface area contributed by atoms with E-state index in [0.717, 1.165) is 5.75 Å². The predicted octanol–water partition coefficient (Wildman–Crippen LogP) is 4.78. The number of ether oxygens (including phenoxy) is 2. The Morgan fingerprint density at radius 2 is 1.66 bits per heavy atom. The molecule has 148 valence electrons. The van der Waals surface area contributed by atoms with E-state index in [1.165, 1.54) is 18.7 Å². The summed E-state index contributed by atoms with van der Waals surface area (Å²) >= 11 is 1.34. The smallest absolute Gasteiger partial charge is 0.341 e. The van der Waals surface area contributed by atoms with Crippen LogP contribution in [0.3, 0.4) is 0 Å². The van der Waals surface area contributed by atoms with Gasteiger partial charge in [0.05, 0.1) is 5.56 Å². The van der Waals surface area contributed by atoms with Crippen molar-refractivity contribution in [3.05, 3.63) is 78.5 Å². The SMILES string of the molecule is CSc1ncccc1C(=O)OC(C)C(=O)Nc1ccc(Oc2ccccc2)cc1. The minimum Gasteiger partial charge on any atom is -0.457 e. The van der Waals surface area contributed by atoms with Gasteiger partial charge in [0, 0.05) is 11.9 Å². The highest BCUT2D eigenvalue weighted by atomic mass is 32.2. The van der Waals surface area contributed by atoms with Crippen LogP contribution >= 0.6 is 11.8 Å². The quantitative estimate of drug-likeness (QED) is 0.448. The zero-order chi connectivity index (χ0) is 20.6. The number of nitrogens with one attached hydrogen (secondary N) is 1. The van der Waals surface area contributed by atoms with E-state index in [4.69, 9.17) is 9.47 Å².